The Balaban J connectivity index is 2.16. The molecule has 0 amide bonds. The normalized spacial score (nSPS) is 12.4. The van der Waals surface area contributed by atoms with Gasteiger partial charge >= 0.3 is 0 Å². The van der Waals surface area contributed by atoms with Crippen LogP contribution in [0, 0.1) is 0 Å². The first kappa shape index (κ1) is 12.6. The van der Waals surface area contributed by atoms with Gasteiger partial charge in [-0.05, 0) is 12.5 Å². The molecular weight excluding hydrogens is 230 g/mol. The number of para-hydroxylation sites is 1. The van der Waals surface area contributed by atoms with Crippen LogP contribution in [0.3, 0.4) is 0 Å². The lowest BCUT2D eigenvalue weighted by Crippen LogP contribution is -2.09. The number of nitrogens with two attached hydrogens (primary N) is 1. The number of benzene rings is 1. The van der Waals surface area contributed by atoms with Gasteiger partial charge in [-0.2, -0.15) is 4.98 Å². The van der Waals surface area contributed by atoms with Crippen LogP contribution in [0.5, 0.6) is 5.75 Å². The Bertz CT molecular complexity index is 510. The highest BCUT2D eigenvalue weighted by atomic mass is 16.5. The van der Waals surface area contributed by atoms with Gasteiger partial charge in [-0.3, -0.25) is 0 Å². The van der Waals surface area contributed by atoms with E-state index in [2.05, 4.69) is 10.1 Å². The molecule has 0 aliphatic heterocycles. The maximum absolute atomic E-state index is 5.84. The Morgan fingerprint density at radius 2 is 2.17 bits per heavy atom. The first-order valence-corrected chi connectivity index (χ1v) is 5.94. The van der Waals surface area contributed by atoms with Crippen LogP contribution in [0.15, 0.2) is 28.8 Å². The van der Waals surface area contributed by atoms with Crippen molar-refractivity contribution in [2.45, 2.75) is 25.8 Å². The second-order valence-corrected chi connectivity index (χ2v) is 4.05. The van der Waals surface area contributed by atoms with Gasteiger partial charge in [0.15, 0.2) is 5.82 Å². The van der Waals surface area contributed by atoms with Gasteiger partial charge in [0.05, 0.1) is 13.2 Å². The Hall–Kier alpha value is -1.88. The average molecular weight is 247 g/mol. The van der Waals surface area contributed by atoms with Gasteiger partial charge in [-0.1, -0.05) is 30.3 Å². The highest BCUT2D eigenvalue weighted by molar-refractivity contribution is 5.35. The van der Waals surface area contributed by atoms with E-state index in [4.69, 9.17) is 15.0 Å². The predicted octanol–water partition coefficient (Wildman–Crippen LogP) is 2.08. The molecule has 2 aromatic rings. The number of hydrogen-bond donors (Lipinski definition) is 1. The summed E-state index contributed by atoms with van der Waals surface area (Å²) in [4.78, 5) is 4.29. The van der Waals surface area contributed by atoms with Crippen molar-refractivity contribution in [1.29, 1.82) is 0 Å². The van der Waals surface area contributed by atoms with Crippen molar-refractivity contribution in [1.82, 2.24) is 10.1 Å². The summed E-state index contributed by atoms with van der Waals surface area (Å²) in [6.45, 7) is 1.98. The molecule has 0 saturated heterocycles. The van der Waals surface area contributed by atoms with Gasteiger partial charge in [0.25, 0.3) is 0 Å². The first-order valence-electron chi connectivity index (χ1n) is 5.94. The number of methoxy groups -OCH3 is 1. The molecule has 2 N–H and O–H groups in total. The van der Waals surface area contributed by atoms with Crippen LogP contribution < -0.4 is 10.5 Å². The van der Waals surface area contributed by atoms with E-state index >= 15 is 0 Å². The maximum atomic E-state index is 5.84. The van der Waals surface area contributed by atoms with Crippen LogP contribution in [-0.4, -0.2) is 17.3 Å². The molecule has 0 spiro atoms. The van der Waals surface area contributed by atoms with E-state index in [1.165, 1.54) is 0 Å². The minimum atomic E-state index is -0.191. The molecule has 0 saturated carbocycles. The summed E-state index contributed by atoms with van der Waals surface area (Å²) in [6, 6.07) is 7.58. The molecule has 1 unspecified atom stereocenters. The molecule has 1 atom stereocenters. The second-order valence-electron chi connectivity index (χ2n) is 4.05. The molecule has 0 aliphatic rings. The van der Waals surface area contributed by atoms with Gasteiger partial charge in [-0.25, -0.2) is 0 Å². The summed E-state index contributed by atoms with van der Waals surface area (Å²) in [5, 5.41) is 3.93. The van der Waals surface area contributed by atoms with Crippen LogP contribution in [-0.2, 0) is 6.42 Å². The lowest BCUT2D eigenvalue weighted by molar-refractivity contribution is 0.348. The third-order valence-corrected chi connectivity index (χ3v) is 2.78. The van der Waals surface area contributed by atoms with Crippen molar-refractivity contribution in [3.8, 4) is 5.75 Å². The Labute approximate surface area is 106 Å². The largest absolute Gasteiger partial charge is 0.496 e. The molecular formula is C13H17N3O2. The summed E-state index contributed by atoms with van der Waals surface area (Å²) in [7, 11) is 1.65. The maximum Gasteiger partial charge on any atom is 0.243 e. The molecule has 0 fully saturated rings. The Morgan fingerprint density at radius 3 is 2.89 bits per heavy atom. The van der Waals surface area contributed by atoms with E-state index in [0.717, 1.165) is 17.7 Å². The second kappa shape index (κ2) is 5.64. The van der Waals surface area contributed by atoms with Gasteiger partial charge in [0.1, 0.15) is 5.75 Å². The van der Waals surface area contributed by atoms with Gasteiger partial charge in [-0.15, -0.1) is 0 Å². The van der Waals surface area contributed by atoms with Crippen molar-refractivity contribution in [2.75, 3.05) is 7.11 Å². The monoisotopic (exact) mass is 247 g/mol. The number of hydrogen-bond acceptors (Lipinski definition) is 5. The van der Waals surface area contributed by atoms with E-state index in [0.29, 0.717) is 18.1 Å². The fourth-order valence-electron chi connectivity index (χ4n) is 1.68. The predicted molar refractivity (Wildman–Crippen MR) is 67.3 cm³/mol. The first-order chi connectivity index (χ1) is 8.74. The zero-order chi connectivity index (χ0) is 13.0. The van der Waals surface area contributed by atoms with Crippen molar-refractivity contribution < 1.29 is 9.26 Å². The quantitative estimate of drug-likeness (QED) is 0.875. The molecule has 0 radical (unpaired) electrons. The van der Waals surface area contributed by atoms with Crippen LogP contribution in [0.25, 0.3) is 0 Å². The topological polar surface area (TPSA) is 74.2 Å². The molecule has 0 aliphatic carbocycles. The molecule has 1 aromatic carbocycles. The molecule has 1 aromatic heterocycles. The molecule has 18 heavy (non-hydrogen) atoms. The number of ether oxygens (including phenoxy) is 1. The van der Waals surface area contributed by atoms with Crippen molar-refractivity contribution in [3.05, 3.63) is 41.5 Å². The third kappa shape index (κ3) is 2.68. The Morgan fingerprint density at radius 1 is 1.39 bits per heavy atom. The minimum absolute atomic E-state index is 0.191. The highest BCUT2D eigenvalue weighted by Gasteiger charge is 2.14. The van der Waals surface area contributed by atoms with Crippen molar-refractivity contribution >= 4 is 0 Å². The van der Waals surface area contributed by atoms with E-state index in [9.17, 15) is 0 Å². The molecule has 1 heterocycles. The molecule has 2 rings (SSSR count). The summed E-state index contributed by atoms with van der Waals surface area (Å²) in [5.74, 6) is 1.93. The summed E-state index contributed by atoms with van der Waals surface area (Å²) < 4.78 is 10.4. The smallest absolute Gasteiger partial charge is 0.243 e. The fraction of sp³-hybridized carbons (Fsp3) is 0.385. The van der Waals surface area contributed by atoms with E-state index in [-0.39, 0.29) is 6.04 Å². The molecule has 5 nitrogen and oxygen atoms in total. The minimum Gasteiger partial charge on any atom is -0.496 e. The number of aromatic nitrogens is 2. The third-order valence-electron chi connectivity index (χ3n) is 2.78. The van der Waals surface area contributed by atoms with Crippen molar-refractivity contribution in [3.63, 3.8) is 0 Å². The van der Waals surface area contributed by atoms with Crippen LogP contribution in [0.4, 0.5) is 0 Å². The van der Waals surface area contributed by atoms with Gasteiger partial charge in [0, 0.05) is 12.0 Å². The fourth-order valence-corrected chi connectivity index (χ4v) is 1.68. The van der Waals surface area contributed by atoms with Crippen LogP contribution in [0.2, 0.25) is 0 Å². The molecule has 0 bridgehead atoms. The molecule has 5 heteroatoms. The van der Waals surface area contributed by atoms with Crippen LogP contribution >= 0.6 is 0 Å². The number of rotatable bonds is 5. The molecule has 96 valence electrons. The van der Waals surface area contributed by atoms with Crippen molar-refractivity contribution in [2.24, 2.45) is 5.73 Å². The number of nitrogens with zero attached hydrogens (tertiary/aromatic N) is 2. The Kier molecular flexibility index (Phi) is 3.94. The van der Waals surface area contributed by atoms with E-state index in [1.54, 1.807) is 7.11 Å². The SMILES string of the molecule is CCC(N)c1nc(Cc2ccccc2OC)no1. The highest BCUT2D eigenvalue weighted by Crippen LogP contribution is 2.20. The lowest BCUT2D eigenvalue weighted by Gasteiger charge is -2.05. The van der Waals surface area contributed by atoms with E-state index < -0.39 is 0 Å². The zero-order valence-electron chi connectivity index (χ0n) is 10.6. The average Bonchev–Trinajstić information content (AvgIpc) is 2.87. The standard InChI is InChI=1S/C13H17N3O2/c1-3-10(14)13-15-12(16-18-13)8-9-6-4-5-7-11(9)17-2/h4-7,10H,3,8,14H2,1-2H3. The summed E-state index contributed by atoms with van der Waals surface area (Å²) in [6.07, 6.45) is 1.35. The van der Waals surface area contributed by atoms with Gasteiger partial charge < -0.3 is 15.0 Å². The van der Waals surface area contributed by atoms with E-state index in [1.807, 2.05) is 31.2 Å². The summed E-state index contributed by atoms with van der Waals surface area (Å²) in [5.41, 5.74) is 6.86. The van der Waals surface area contributed by atoms with Crippen LogP contribution in [0.1, 0.15) is 36.7 Å². The lowest BCUT2D eigenvalue weighted by atomic mass is 10.1. The zero-order valence-corrected chi connectivity index (χ0v) is 10.6. The van der Waals surface area contributed by atoms with Gasteiger partial charge in [0.2, 0.25) is 5.89 Å². The summed E-state index contributed by atoms with van der Waals surface area (Å²) >= 11 is 0.